The Balaban J connectivity index is 1.99. The van der Waals surface area contributed by atoms with Crippen molar-refractivity contribution in [2.24, 2.45) is 17.3 Å². The fourth-order valence-corrected chi connectivity index (χ4v) is 4.12. The average Bonchev–Trinajstić information content (AvgIpc) is 2.54. The molecule has 0 aromatic rings. The maximum atomic E-state index is 12.7. The molecule has 0 aromatic heterocycles. The van der Waals surface area contributed by atoms with Crippen LogP contribution in [-0.4, -0.2) is 35.0 Å². The van der Waals surface area contributed by atoms with Crippen LogP contribution in [0.15, 0.2) is 0 Å². The maximum absolute atomic E-state index is 12.7. The van der Waals surface area contributed by atoms with Crippen molar-refractivity contribution >= 4 is 11.9 Å². The van der Waals surface area contributed by atoms with Gasteiger partial charge in [0.1, 0.15) is 0 Å². The van der Waals surface area contributed by atoms with Gasteiger partial charge < -0.3 is 10.0 Å². The zero-order valence-corrected chi connectivity index (χ0v) is 13.4. The van der Waals surface area contributed by atoms with Gasteiger partial charge in [-0.3, -0.25) is 9.59 Å². The first-order valence-electron chi connectivity index (χ1n) is 8.54. The van der Waals surface area contributed by atoms with Gasteiger partial charge in [-0.15, -0.1) is 0 Å². The smallest absolute Gasteiger partial charge is 0.307 e. The molecule has 2 rings (SSSR count). The highest BCUT2D eigenvalue weighted by Gasteiger charge is 2.40. The lowest BCUT2D eigenvalue weighted by Crippen LogP contribution is -2.48. The van der Waals surface area contributed by atoms with Crippen LogP contribution in [0.4, 0.5) is 0 Å². The maximum Gasteiger partial charge on any atom is 0.307 e. The fourth-order valence-electron chi connectivity index (χ4n) is 4.12. The molecule has 1 amide bonds. The molecular formula is C17H29NO3. The number of likely N-dealkylation sites (tertiary alicyclic amines) is 1. The van der Waals surface area contributed by atoms with Gasteiger partial charge in [0.05, 0.1) is 11.8 Å². The molecule has 0 unspecified atom stereocenters. The number of hydrogen-bond acceptors (Lipinski definition) is 2. The first kappa shape index (κ1) is 16.3. The minimum absolute atomic E-state index is 0.0999. The van der Waals surface area contributed by atoms with Gasteiger partial charge in [0.25, 0.3) is 0 Å². The highest BCUT2D eigenvalue weighted by atomic mass is 16.4. The summed E-state index contributed by atoms with van der Waals surface area (Å²) in [5, 5.41) is 9.34. The van der Waals surface area contributed by atoms with Crippen molar-refractivity contribution in [1.82, 2.24) is 4.90 Å². The van der Waals surface area contributed by atoms with Crippen LogP contribution in [0, 0.1) is 17.3 Å². The van der Waals surface area contributed by atoms with E-state index in [1.54, 1.807) is 0 Å². The topological polar surface area (TPSA) is 57.6 Å². The average molecular weight is 295 g/mol. The predicted molar refractivity (Wildman–Crippen MR) is 81.9 cm³/mol. The van der Waals surface area contributed by atoms with E-state index in [4.69, 9.17) is 0 Å². The molecular weight excluding hydrogens is 266 g/mol. The van der Waals surface area contributed by atoms with Gasteiger partial charge in [-0.05, 0) is 31.1 Å². The van der Waals surface area contributed by atoms with Crippen LogP contribution in [0.5, 0.6) is 0 Å². The van der Waals surface area contributed by atoms with Crippen LogP contribution in [-0.2, 0) is 9.59 Å². The molecule has 120 valence electrons. The largest absolute Gasteiger partial charge is 0.481 e. The Morgan fingerprint density at radius 1 is 1.05 bits per heavy atom. The standard InChI is InChI=1S/C17H29NO3/c1-3-17(4-2)9-11-18(12-10-17)15(19)13-7-5-6-8-14(13)16(20)21/h13-14H,3-12H2,1-2H3,(H,20,21)/t13-,14+/m1/s1. The van der Waals surface area contributed by atoms with E-state index in [0.717, 1.165) is 45.2 Å². The van der Waals surface area contributed by atoms with Crippen LogP contribution in [0.25, 0.3) is 0 Å². The van der Waals surface area contributed by atoms with Crippen molar-refractivity contribution in [2.45, 2.75) is 65.2 Å². The third-order valence-electron chi connectivity index (χ3n) is 6.04. The summed E-state index contributed by atoms with van der Waals surface area (Å²) in [6.07, 6.45) is 7.82. The summed E-state index contributed by atoms with van der Waals surface area (Å²) >= 11 is 0. The van der Waals surface area contributed by atoms with E-state index in [-0.39, 0.29) is 11.8 Å². The Morgan fingerprint density at radius 3 is 2.05 bits per heavy atom. The van der Waals surface area contributed by atoms with Crippen molar-refractivity contribution in [1.29, 1.82) is 0 Å². The first-order valence-corrected chi connectivity index (χ1v) is 8.54. The molecule has 0 spiro atoms. The number of carbonyl (C=O) groups excluding carboxylic acids is 1. The second-order valence-corrected chi connectivity index (χ2v) is 6.87. The molecule has 1 saturated carbocycles. The van der Waals surface area contributed by atoms with Crippen molar-refractivity contribution in [3.8, 4) is 0 Å². The zero-order chi connectivity index (χ0) is 15.5. The number of carboxylic acid groups (broad SMARTS) is 1. The second-order valence-electron chi connectivity index (χ2n) is 6.87. The molecule has 1 aliphatic carbocycles. The quantitative estimate of drug-likeness (QED) is 0.865. The van der Waals surface area contributed by atoms with Crippen molar-refractivity contribution in [3.05, 3.63) is 0 Å². The van der Waals surface area contributed by atoms with E-state index >= 15 is 0 Å². The molecule has 1 aliphatic heterocycles. The van der Waals surface area contributed by atoms with E-state index < -0.39 is 11.9 Å². The minimum Gasteiger partial charge on any atom is -0.481 e. The van der Waals surface area contributed by atoms with Crippen molar-refractivity contribution in [2.75, 3.05) is 13.1 Å². The molecule has 0 bridgehead atoms. The van der Waals surface area contributed by atoms with E-state index in [9.17, 15) is 14.7 Å². The lowest BCUT2D eigenvalue weighted by Gasteiger charge is -2.43. The van der Waals surface area contributed by atoms with E-state index in [1.165, 1.54) is 12.8 Å². The second kappa shape index (κ2) is 6.80. The van der Waals surface area contributed by atoms with Crippen molar-refractivity contribution < 1.29 is 14.7 Å². The summed E-state index contributed by atoms with van der Waals surface area (Å²) in [5.41, 5.74) is 0.398. The number of carbonyl (C=O) groups is 2. The lowest BCUT2D eigenvalue weighted by molar-refractivity contribution is -0.153. The molecule has 1 saturated heterocycles. The highest BCUT2D eigenvalue weighted by Crippen LogP contribution is 2.39. The minimum atomic E-state index is -0.790. The molecule has 0 aromatic carbocycles. The highest BCUT2D eigenvalue weighted by molar-refractivity contribution is 5.85. The Hall–Kier alpha value is -1.06. The molecule has 2 aliphatic rings. The number of hydrogen-bond donors (Lipinski definition) is 1. The van der Waals surface area contributed by atoms with E-state index in [2.05, 4.69) is 13.8 Å². The molecule has 4 heteroatoms. The normalized spacial score (nSPS) is 29.1. The van der Waals surface area contributed by atoms with Crippen molar-refractivity contribution in [3.63, 3.8) is 0 Å². The van der Waals surface area contributed by atoms with Crippen LogP contribution in [0.1, 0.15) is 65.2 Å². The molecule has 0 radical (unpaired) electrons. The van der Waals surface area contributed by atoms with Gasteiger partial charge in [-0.25, -0.2) is 0 Å². The Bertz CT molecular complexity index is 379. The van der Waals surface area contributed by atoms with Gasteiger partial charge in [0.2, 0.25) is 5.91 Å². The summed E-state index contributed by atoms with van der Waals surface area (Å²) in [5.74, 6) is -1.44. The van der Waals surface area contributed by atoms with Gasteiger partial charge in [-0.1, -0.05) is 39.5 Å². The van der Waals surface area contributed by atoms with E-state index in [1.807, 2.05) is 4.90 Å². The van der Waals surface area contributed by atoms with Gasteiger partial charge in [0.15, 0.2) is 0 Å². The van der Waals surface area contributed by atoms with Crippen LogP contribution < -0.4 is 0 Å². The van der Waals surface area contributed by atoms with Gasteiger partial charge in [-0.2, -0.15) is 0 Å². The molecule has 21 heavy (non-hydrogen) atoms. The SMILES string of the molecule is CCC1(CC)CCN(C(=O)[C@@H]2CCCC[C@@H]2C(=O)O)CC1. The number of aliphatic carboxylic acids is 1. The summed E-state index contributed by atoms with van der Waals surface area (Å²) in [4.78, 5) is 26.0. The summed E-state index contributed by atoms with van der Waals surface area (Å²) in [6, 6.07) is 0. The third-order valence-corrected chi connectivity index (χ3v) is 6.04. The predicted octanol–water partition coefficient (Wildman–Crippen LogP) is 3.31. The monoisotopic (exact) mass is 295 g/mol. The molecule has 1 heterocycles. The number of piperidine rings is 1. The van der Waals surface area contributed by atoms with Gasteiger partial charge >= 0.3 is 5.97 Å². The number of amides is 1. The zero-order valence-electron chi connectivity index (χ0n) is 13.4. The van der Waals surface area contributed by atoms with Crippen LogP contribution in [0.3, 0.4) is 0 Å². The molecule has 4 nitrogen and oxygen atoms in total. The Labute approximate surface area is 127 Å². The Kier molecular flexibility index (Phi) is 5.28. The lowest BCUT2D eigenvalue weighted by atomic mass is 9.73. The first-order chi connectivity index (χ1) is 10.0. The number of carboxylic acids is 1. The summed E-state index contributed by atoms with van der Waals surface area (Å²) < 4.78 is 0. The number of rotatable bonds is 4. The van der Waals surface area contributed by atoms with Crippen LogP contribution in [0.2, 0.25) is 0 Å². The molecule has 1 N–H and O–H groups in total. The Morgan fingerprint density at radius 2 is 1.57 bits per heavy atom. The molecule has 2 atom stereocenters. The van der Waals surface area contributed by atoms with E-state index in [0.29, 0.717) is 11.8 Å². The van der Waals surface area contributed by atoms with Crippen LogP contribution >= 0.6 is 0 Å². The number of nitrogens with zero attached hydrogens (tertiary/aromatic N) is 1. The fraction of sp³-hybridized carbons (Fsp3) is 0.882. The van der Waals surface area contributed by atoms with Gasteiger partial charge in [0, 0.05) is 13.1 Å². The third kappa shape index (κ3) is 3.41. The summed E-state index contributed by atoms with van der Waals surface area (Å²) in [7, 11) is 0. The summed E-state index contributed by atoms with van der Waals surface area (Å²) in [6.45, 7) is 6.10. The molecule has 2 fully saturated rings.